The maximum Gasteiger partial charge on any atom is 0.258 e. The van der Waals surface area contributed by atoms with Crippen LogP contribution in [-0.2, 0) is 11.3 Å². The molecule has 1 amide bonds. The Balaban J connectivity index is 1.65. The largest absolute Gasteiger partial charge is 0.454 e. The number of aromatic nitrogens is 2. The quantitative estimate of drug-likeness (QED) is 0.632. The summed E-state index contributed by atoms with van der Waals surface area (Å²) in [5.74, 6) is 1.14. The first-order chi connectivity index (χ1) is 14.0. The molecule has 0 saturated carbocycles. The van der Waals surface area contributed by atoms with Crippen molar-refractivity contribution in [1.29, 1.82) is 0 Å². The predicted octanol–water partition coefficient (Wildman–Crippen LogP) is 3.99. The van der Waals surface area contributed by atoms with Crippen molar-refractivity contribution in [2.24, 2.45) is 0 Å². The van der Waals surface area contributed by atoms with Crippen LogP contribution in [0.1, 0.15) is 21.7 Å². The van der Waals surface area contributed by atoms with Crippen LogP contribution in [0, 0.1) is 6.92 Å². The zero-order valence-corrected chi connectivity index (χ0v) is 17.1. The first-order valence-electron chi connectivity index (χ1n) is 9.00. The van der Waals surface area contributed by atoms with Crippen molar-refractivity contribution < 1.29 is 19.0 Å². The Kier molecular flexibility index (Phi) is 5.17. The van der Waals surface area contributed by atoms with Crippen molar-refractivity contribution in [3.8, 4) is 17.2 Å². The zero-order chi connectivity index (χ0) is 20.5. The lowest BCUT2D eigenvalue weighted by Gasteiger charge is -2.18. The number of halogens is 1. The van der Waals surface area contributed by atoms with Crippen molar-refractivity contribution in [1.82, 2.24) is 9.78 Å². The van der Waals surface area contributed by atoms with E-state index in [-0.39, 0.29) is 12.7 Å². The Morgan fingerprint density at radius 3 is 2.83 bits per heavy atom. The number of nitrogens with zero attached hydrogens (tertiary/aromatic N) is 3. The maximum atomic E-state index is 13.1. The number of carbonyl (C=O) groups is 1. The van der Waals surface area contributed by atoms with Gasteiger partial charge in [0.25, 0.3) is 5.91 Å². The Morgan fingerprint density at radius 2 is 2.03 bits per heavy atom. The van der Waals surface area contributed by atoms with Crippen molar-refractivity contribution >= 4 is 23.2 Å². The Hall–Kier alpha value is -3.03. The van der Waals surface area contributed by atoms with Gasteiger partial charge in [-0.3, -0.25) is 4.79 Å². The summed E-state index contributed by atoms with van der Waals surface area (Å²) in [6.07, 6.45) is 0. The summed E-state index contributed by atoms with van der Waals surface area (Å²) < 4.78 is 17.7. The molecule has 1 aromatic heterocycles. The highest BCUT2D eigenvalue weighted by molar-refractivity contribution is 6.31. The molecule has 2 heterocycles. The molecule has 2 aromatic carbocycles. The molecule has 0 radical (unpaired) electrons. The summed E-state index contributed by atoms with van der Waals surface area (Å²) in [4.78, 5) is 14.7. The molecule has 8 heteroatoms. The number of amides is 1. The number of fused-ring (bicyclic) bond motifs is 1. The number of rotatable bonds is 5. The zero-order valence-electron chi connectivity index (χ0n) is 16.3. The Labute approximate surface area is 173 Å². The maximum absolute atomic E-state index is 13.1. The van der Waals surface area contributed by atoms with Crippen LogP contribution < -0.4 is 14.4 Å². The summed E-state index contributed by atoms with van der Waals surface area (Å²) in [6, 6.07) is 12.7. The third kappa shape index (κ3) is 3.54. The van der Waals surface area contributed by atoms with E-state index < -0.39 is 0 Å². The van der Waals surface area contributed by atoms with Crippen molar-refractivity contribution in [3.05, 3.63) is 64.4 Å². The van der Waals surface area contributed by atoms with Gasteiger partial charge in [-0.05, 0) is 37.3 Å². The van der Waals surface area contributed by atoms with Crippen LogP contribution in [0.2, 0.25) is 5.02 Å². The summed E-state index contributed by atoms with van der Waals surface area (Å²) in [6.45, 7) is 2.34. The molecule has 29 heavy (non-hydrogen) atoms. The van der Waals surface area contributed by atoms with Gasteiger partial charge in [0, 0.05) is 31.5 Å². The second-order valence-corrected chi connectivity index (χ2v) is 7.02. The Bertz CT molecular complexity index is 1080. The number of carbonyl (C=O) groups excluding carboxylic acids is 1. The minimum Gasteiger partial charge on any atom is -0.454 e. The molecule has 0 fully saturated rings. The second-order valence-electron chi connectivity index (χ2n) is 6.64. The number of hydrogen-bond donors (Lipinski definition) is 0. The SMILES string of the molecule is COCc1c(Cl)c(C)nn1-c1cccc(C(=O)N(C)c2ccc3c(c2)OCO3)c1. The number of benzene rings is 2. The molecule has 0 saturated heterocycles. The van der Waals surface area contributed by atoms with E-state index in [0.717, 1.165) is 11.4 Å². The van der Waals surface area contributed by atoms with Gasteiger partial charge in [0.15, 0.2) is 11.5 Å². The molecule has 3 aromatic rings. The fourth-order valence-corrected chi connectivity index (χ4v) is 3.38. The first-order valence-corrected chi connectivity index (χ1v) is 9.38. The van der Waals surface area contributed by atoms with E-state index in [0.29, 0.717) is 40.1 Å². The van der Waals surface area contributed by atoms with E-state index in [2.05, 4.69) is 5.10 Å². The third-order valence-corrected chi connectivity index (χ3v) is 5.24. The van der Waals surface area contributed by atoms with E-state index in [1.54, 1.807) is 48.0 Å². The average Bonchev–Trinajstić information content (AvgIpc) is 3.32. The van der Waals surface area contributed by atoms with Gasteiger partial charge in [-0.25, -0.2) is 4.68 Å². The van der Waals surface area contributed by atoms with Gasteiger partial charge in [0.2, 0.25) is 6.79 Å². The summed E-state index contributed by atoms with van der Waals surface area (Å²) >= 11 is 6.36. The lowest BCUT2D eigenvalue weighted by Crippen LogP contribution is -2.26. The van der Waals surface area contributed by atoms with Crippen LogP contribution in [0.25, 0.3) is 5.69 Å². The molecule has 0 bridgehead atoms. The molecule has 4 rings (SSSR count). The third-order valence-electron chi connectivity index (χ3n) is 4.74. The van der Waals surface area contributed by atoms with E-state index >= 15 is 0 Å². The first kappa shape index (κ1) is 19.3. The fourth-order valence-electron chi connectivity index (χ4n) is 3.21. The van der Waals surface area contributed by atoms with E-state index in [4.69, 9.17) is 25.8 Å². The molecule has 0 spiro atoms. The number of anilines is 1. The van der Waals surface area contributed by atoms with Gasteiger partial charge in [-0.2, -0.15) is 5.10 Å². The summed E-state index contributed by atoms with van der Waals surface area (Å²) in [5, 5.41) is 5.05. The predicted molar refractivity (Wildman–Crippen MR) is 109 cm³/mol. The van der Waals surface area contributed by atoms with Gasteiger partial charge in [-0.1, -0.05) is 17.7 Å². The average molecular weight is 414 g/mol. The van der Waals surface area contributed by atoms with Gasteiger partial charge in [0.1, 0.15) is 0 Å². The molecule has 7 nitrogen and oxygen atoms in total. The standard InChI is InChI=1S/C21H20ClN3O4/c1-13-20(22)17(11-27-3)25(23-13)16-6-4-5-14(9-16)21(26)24(2)15-7-8-18-19(10-15)29-12-28-18/h4-10H,11-12H2,1-3H3. The smallest absolute Gasteiger partial charge is 0.258 e. The van der Waals surface area contributed by atoms with Crippen LogP contribution in [0.3, 0.4) is 0 Å². The van der Waals surface area contributed by atoms with E-state index in [1.165, 1.54) is 0 Å². The number of aryl methyl sites for hydroxylation is 1. The highest BCUT2D eigenvalue weighted by Gasteiger charge is 2.20. The molecule has 0 N–H and O–H groups in total. The summed E-state index contributed by atoms with van der Waals surface area (Å²) in [7, 11) is 3.32. The molecule has 1 aliphatic rings. The Morgan fingerprint density at radius 1 is 1.24 bits per heavy atom. The van der Waals surface area contributed by atoms with Crippen LogP contribution >= 0.6 is 11.6 Å². The monoisotopic (exact) mass is 413 g/mol. The topological polar surface area (TPSA) is 65.8 Å². The molecule has 150 valence electrons. The van der Waals surface area contributed by atoms with Crippen LogP contribution in [0.4, 0.5) is 5.69 Å². The molecular formula is C21H20ClN3O4. The number of methoxy groups -OCH3 is 1. The van der Waals surface area contributed by atoms with Crippen molar-refractivity contribution in [2.75, 3.05) is 25.9 Å². The van der Waals surface area contributed by atoms with Crippen LogP contribution in [0.5, 0.6) is 11.5 Å². The fraction of sp³-hybridized carbons (Fsp3) is 0.238. The molecule has 1 aliphatic heterocycles. The van der Waals surface area contributed by atoms with Gasteiger partial charge < -0.3 is 19.1 Å². The highest BCUT2D eigenvalue weighted by Crippen LogP contribution is 2.35. The molecule has 0 atom stereocenters. The van der Waals surface area contributed by atoms with Gasteiger partial charge >= 0.3 is 0 Å². The highest BCUT2D eigenvalue weighted by atomic mass is 35.5. The number of ether oxygens (including phenoxy) is 3. The minimum absolute atomic E-state index is 0.158. The minimum atomic E-state index is -0.158. The molecular weight excluding hydrogens is 394 g/mol. The van der Waals surface area contributed by atoms with E-state index in [9.17, 15) is 4.79 Å². The molecule has 0 unspecified atom stereocenters. The van der Waals surface area contributed by atoms with Crippen LogP contribution in [-0.4, -0.2) is 36.6 Å². The second kappa shape index (κ2) is 7.77. The van der Waals surface area contributed by atoms with Crippen molar-refractivity contribution in [2.45, 2.75) is 13.5 Å². The number of hydrogen-bond acceptors (Lipinski definition) is 5. The summed E-state index contributed by atoms with van der Waals surface area (Å²) in [5.41, 5.74) is 3.41. The van der Waals surface area contributed by atoms with E-state index in [1.807, 2.05) is 25.1 Å². The normalized spacial score (nSPS) is 12.3. The lowest BCUT2D eigenvalue weighted by atomic mass is 10.1. The van der Waals surface area contributed by atoms with Gasteiger partial charge in [-0.15, -0.1) is 0 Å². The van der Waals surface area contributed by atoms with Crippen LogP contribution in [0.15, 0.2) is 42.5 Å². The van der Waals surface area contributed by atoms with Gasteiger partial charge in [0.05, 0.1) is 28.7 Å². The van der Waals surface area contributed by atoms with Crippen molar-refractivity contribution in [3.63, 3.8) is 0 Å². The lowest BCUT2D eigenvalue weighted by molar-refractivity contribution is 0.0993. The molecule has 0 aliphatic carbocycles.